The van der Waals surface area contributed by atoms with Gasteiger partial charge in [-0.05, 0) is 25.0 Å². The van der Waals surface area contributed by atoms with Gasteiger partial charge in [0.05, 0.1) is 18.9 Å². The lowest BCUT2D eigenvalue weighted by Crippen LogP contribution is -2.76. The van der Waals surface area contributed by atoms with Crippen LogP contribution in [-0.4, -0.2) is 48.1 Å². The summed E-state index contributed by atoms with van der Waals surface area (Å²) in [5, 5.41) is 1.10. The summed E-state index contributed by atoms with van der Waals surface area (Å²) >= 11 is 0. The summed E-state index contributed by atoms with van der Waals surface area (Å²) in [4.78, 5) is 11.4. The van der Waals surface area contributed by atoms with Crippen LogP contribution < -0.4 is 5.32 Å². The van der Waals surface area contributed by atoms with E-state index in [-0.39, 0.29) is 17.3 Å². The highest BCUT2D eigenvalue weighted by atomic mass is 19.4. The van der Waals surface area contributed by atoms with Crippen molar-refractivity contribution in [3.8, 4) is 0 Å². The van der Waals surface area contributed by atoms with E-state index in [1.54, 1.807) is 0 Å². The van der Waals surface area contributed by atoms with Crippen LogP contribution in [-0.2, 0) is 16.1 Å². The van der Waals surface area contributed by atoms with Gasteiger partial charge >= 0.3 is 12.4 Å². The normalized spacial score (nSPS) is 19.2. The highest BCUT2D eigenvalue weighted by Crippen LogP contribution is 2.46. The fourth-order valence-electron chi connectivity index (χ4n) is 2.94. The van der Waals surface area contributed by atoms with Crippen LogP contribution in [0, 0.1) is 0 Å². The van der Waals surface area contributed by atoms with Crippen molar-refractivity contribution in [2.75, 3.05) is 13.2 Å². The molecule has 1 aromatic rings. The summed E-state index contributed by atoms with van der Waals surface area (Å²) in [5.74, 6) is -1.57. The van der Waals surface area contributed by atoms with Gasteiger partial charge in [-0.3, -0.25) is 9.69 Å². The number of nitrogens with one attached hydrogen (secondary N) is 1. The third-order valence-electron chi connectivity index (χ3n) is 4.03. The molecule has 1 aliphatic heterocycles. The average molecular weight is 388 g/mol. The lowest BCUT2D eigenvalue weighted by molar-refractivity contribution is -0.353. The van der Waals surface area contributed by atoms with Crippen LogP contribution in [0.1, 0.15) is 25.5 Å². The summed E-state index contributed by atoms with van der Waals surface area (Å²) in [6.07, 6.45) is -10.5. The van der Waals surface area contributed by atoms with E-state index < -0.39 is 43.1 Å². The van der Waals surface area contributed by atoms with Crippen molar-refractivity contribution in [2.24, 2.45) is 0 Å². The van der Waals surface area contributed by atoms with Gasteiger partial charge in [-0.1, -0.05) is 0 Å². The van der Waals surface area contributed by atoms with E-state index in [0.29, 0.717) is 19.8 Å². The molecular weight excluding hydrogens is 370 g/mol. The fourth-order valence-corrected chi connectivity index (χ4v) is 2.94. The Hall–Kier alpha value is -1.75. The Morgan fingerprint density at radius 3 is 2.35 bits per heavy atom. The highest BCUT2D eigenvalue weighted by molar-refractivity contribution is 5.74. The number of rotatable bonds is 6. The molecule has 0 aliphatic carbocycles. The lowest BCUT2D eigenvalue weighted by atomic mass is 10.0. The highest BCUT2D eigenvalue weighted by Gasteiger charge is 2.75. The lowest BCUT2D eigenvalue weighted by Gasteiger charge is -2.45. The molecule has 1 N–H and O–H groups in total. The predicted molar refractivity (Wildman–Crippen MR) is 76.7 cm³/mol. The number of alkyl halides is 6. The van der Waals surface area contributed by atoms with E-state index in [1.165, 1.54) is 12.1 Å². The zero-order chi connectivity index (χ0) is 19.6. The van der Waals surface area contributed by atoms with E-state index in [2.05, 4.69) is 0 Å². The Bertz CT molecular complexity index is 580. The number of furan rings is 1. The zero-order valence-corrected chi connectivity index (χ0v) is 13.8. The topological polar surface area (TPSA) is 54.7 Å². The summed E-state index contributed by atoms with van der Waals surface area (Å²) in [6, 6.07) is 2.61. The second kappa shape index (κ2) is 7.47. The summed E-state index contributed by atoms with van der Waals surface area (Å²) in [5.41, 5.74) is -4.56. The van der Waals surface area contributed by atoms with E-state index in [9.17, 15) is 31.1 Å². The third-order valence-corrected chi connectivity index (χ3v) is 4.03. The molecular formula is C15H18F6N2O3. The molecule has 2 heterocycles. The Labute approximate surface area is 145 Å². The van der Waals surface area contributed by atoms with Crippen LogP contribution in [0.3, 0.4) is 0 Å². The SMILES string of the molecule is CC(=O)NC(N(Cc1ccco1)CC1CCCO1)(C(F)(F)F)C(F)(F)F. The molecule has 1 aromatic heterocycles. The van der Waals surface area contributed by atoms with Crippen molar-refractivity contribution in [2.45, 2.75) is 50.4 Å². The molecule has 0 saturated carbocycles. The van der Waals surface area contributed by atoms with Gasteiger partial charge in [0.1, 0.15) is 5.76 Å². The molecule has 1 unspecified atom stereocenters. The first-order chi connectivity index (χ1) is 12.0. The van der Waals surface area contributed by atoms with Gasteiger partial charge in [-0.15, -0.1) is 0 Å². The van der Waals surface area contributed by atoms with E-state index >= 15 is 0 Å². The number of ether oxygens (including phenoxy) is 1. The maximum absolute atomic E-state index is 13.7. The first-order valence-corrected chi connectivity index (χ1v) is 7.78. The Morgan fingerprint density at radius 2 is 1.92 bits per heavy atom. The van der Waals surface area contributed by atoms with Crippen molar-refractivity contribution < 1.29 is 40.3 Å². The maximum atomic E-state index is 13.7. The molecule has 0 aromatic carbocycles. The number of carbonyl (C=O) groups is 1. The Balaban J connectivity index is 2.51. The Kier molecular flexibility index (Phi) is 5.91. The number of hydrogen-bond donors (Lipinski definition) is 1. The van der Waals surface area contributed by atoms with Gasteiger partial charge in [-0.2, -0.15) is 26.3 Å². The molecule has 1 fully saturated rings. The first-order valence-electron chi connectivity index (χ1n) is 7.78. The second-order valence-corrected chi connectivity index (χ2v) is 5.98. The standard InChI is InChI=1S/C15H18F6N2O3/c1-10(24)22-13(14(16,17)18,15(19,20)21)23(8-11-4-2-6-25-11)9-12-5-3-7-26-12/h2,4,6,12H,3,5,7-9H2,1H3,(H,22,24). The zero-order valence-electron chi connectivity index (χ0n) is 13.8. The molecule has 5 nitrogen and oxygen atoms in total. The van der Waals surface area contributed by atoms with E-state index in [0.717, 1.165) is 11.6 Å². The molecule has 1 saturated heterocycles. The fraction of sp³-hybridized carbons (Fsp3) is 0.667. The van der Waals surface area contributed by atoms with E-state index in [1.807, 2.05) is 0 Å². The van der Waals surface area contributed by atoms with Gasteiger partial charge in [0, 0.05) is 20.1 Å². The van der Waals surface area contributed by atoms with Gasteiger partial charge in [0.25, 0.3) is 5.66 Å². The van der Waals surface area contributed by atoms with Crippen LogP contribution in [0.4, 0.5) is 26.3 Å². The van der Waals surface area contributed by atoms with Crippen LogP contribution >= 0.6 is 0 Å². The minimum absolute atomic E-state index is 0.105. The molecule has 148 valence electrons. The van der Waals surface area contributed by atoms with Gasteiger partial charge in [0.15, 0.2) is 0 Å². The third kappa shape index (κ3) is 4.14. The molecule has 11 heteroatoms. The summed E-state index contributed by atoms with van der Waals surface area (Å²) in [7, 11) is 0. The van der Waals surface area contributed by atoms with Gasteiger partial charge in [-0.25, -0.2) is 0 Å². The molecule has 2 rings (SSSR count). The average Bonchev–Trinajstić information content (AvgIpc) is 3.14. The summed E-state index contributed by atoms with van der Waals surface area (Å²) < 4.78 is 92.6. The maximum Gasteiger partial charge on any atom is 0.434 e. The number of carbonyl (C=O) groups excluding carboxylic acids is 1. The van der Waals surface area contributed by atoms with Crippen molar-refractivity contribution in [1.29, 1.82) is 0 Å². The smallest absolute Gasteiger partial charge is 0.434 e. The largest absolute Gasteiger partial charge is 0.468 e. The van der Waals surface area contributed by atoms with Crippen molar-refractivity contribution in [3.63, 3.8) is 0 Å². The van der Waals surface area contributed by atoms with Crippen LogP contribution in [0.5, 0.6) is 0 Å². The number of nitrogens with zero attached hydrogens (tertiary/aromatic N) is 1. The molecule has 0 spiro atoms. The summed E-state index contributed by atoms with van der Waals surface area (Å²) in [6.45, 7) is -0.639. The van der Waals surface area contributed by atoms with Crippen LogP contribution in [0.25, 0.3) is 0 Å². The van der Waals surface area contributed by atoms with Crippen LogP contribution in [0.2, 0.25) is 0 Å². The van der Waals surface area contributed by atoms with Crippen molar-refractivity contribution in [1.82, 2.24) is 10.2 Å². The van der Waals surface area contributed by atoms with Crippen molar-refractivity contribution in [3.05, 3.63) is 24.2 Å². The second-order valence-electron chi connectivity index (χ2n) is 5.98. The Morgan fingerprint density at radius 1 is 1.27 bits per heavy atom. The van der Waals surface area contributed by atoms with Crippen LogP contribution in [0.15, 0.2) is 22.8 Å². The molecule has 1 atom stereocenters. The number of amides is 1. The minimum Gasteiger partial charge on any atom is -0.468 e. The first kappa shape index (κ1) is 20.6. The predicted octanol–water partition coefficient (Wildman–Crippen LogP) is 3.22. The van der Waals surface area contributed by atoms with Crippen molar-refractivity contribution >= 4 is 5.91 Å². The number of halogens is 6. The molecule has 1 amide bonds. The molecule has 0 radical (unpaired) electrons. The van der Waals surface area contributed by atoms with Gasteiger partial charge < -0.3 is 14.5 Å². The molecule has 26 heavy (non-hydrogen) atoms. The van der Waals surface area contributed by atoms with Gasteiger partial charge in [0.2, 0.25) is 5.91 Å². The quantitative estimate of drug-likeness (QED) is 0.601. The molecule has 0 bridgehead atoms. The van der Waals surface area contributed by atoms with E-state index in [4.69, 9.17) is 9.15 Å². The monoisotopic (exact) mass is 388 g/mol. The number of hydrogen-bond acceptors (Lipinski definition) is 4. The minimum atomic E-state index is -5.83. The molecule has 1 aliphatic rings.